The van der Waals surface area contributed by atoms with E-state index in [1.54, 1.807) is 0 Å². The van der Waals surface area contributed by atoms with Gasteiger partial charge in [-0.1, -0.05) is 28.1 Å². The molecular weight excluding hydrogens is 230 g/mol. The van der Waals surface area contributed by atoms with Crippen LogP contribution in [-0.4, -0.2) is 17.3 Å². The van der Waals surface area contributed by atoms with Gasteiger partial charge in [0.05, 0.1) is 6.10 Å². The van der Waals surface area contributed by atoms with Gasteiger partial charge < -0.3 is 10.8 Å². The molecule has 0 aliphatic rings. The molecule has 2 unspecified atom stereocenters. The highest BCUT2D eigenvalue weighted by Crippen LogP contribution is 2.12. The van der Waals surface area contributed by atoms with E-state index in [0.717, 1.165) is 10.0 Å². The zero-order valence-electron chi connectivity index (χ0n) is 7.57. The van der Waals surface area contributed by atoms with Gasteiger partial charge in [-0.25, -0.2) is 0 Å². The van der Waals surface area contributed by atoms with Gasteiger partial charge in [0.15, 0.2) is 0 Å². The zero-order valence-corrected chi connectivity index (χ0v) is 9.16. The highest BCUT2D eigenvalue weighted by molar-refractivity contribution is 9.10. The first-order valence-electron chi connectivity index (χ1n) is 4.27. The lowest BCUT2D eigenvalue weighted by atomic mass is 10.0. The minimum Gasteiger partial charge on any atom is -0.391 e. The first-order valence-corrected chi connectivity index (χ1v) is 5.07. The molecule has 3 heteroatoms. The van der Waals surface area contributed by atoms with Crippen molar-refractivity contribution in [1.29, 1.82) is 0 Å². The largest absolute Gasteiger partial charge is 0.391 e. The van der Waals surface area contributed by atoms with E-state index in [1.807, 2.05) is 31.2 Å². The number of rotatable bonds is 3. The Morgan fingerprint density at radius 2 is 1.92 bits per heavy atom. The summed E-state index contributed by atoms with van der Waals surface area (Å²) < 4.78 is 1.05. The average molecular weight is 244 g/mol. The molecule has 2 atom stereocenters. The van der Waals surface area contributed by atoms with Crippen LogP contribution < -0.4 is 5.73 Å². The molecule has 1 aromatic carbocycles. The second kappa shape index (κ2) is 4.74. The monoisotopic (exact) mass is 243 g/mol. The fourth-order valence-corrected chi connectivity index (χ4v) is 1.31. The fraction of sp³-hybridized carbons (Fsp3) is 0.400. The van der Waals surface area contributed by atoms with Gasteiger partial charge in [0.1, 0.15) is 0 Å². The Morgan fingerprint density at radius 1 is 1.38 bits per heavy atom. The summed E-state index contributed by atoms with van der Waals surface area (Å²) in [5, 5.41) is 9.51. The number of aliphatic hydroxyl groups is 1. The van der Waals surface area contributed by atoms with E-state index in [4.69, 9.17) is 5.73 Å². The maximum atomic E-state index is 9.51. The minimum atomic E-state index is -0.457. The van der Waals surface area contributed by atoms with Crippen molar-refractivity contribution in [2.45, 2.75) is 25.5 Å². The first kappa shape index (κ1) is 10.7. The Kier molecular flexibility index (Phi) is 3.90. The molecule has 0 aliphatic carbocycles. The SMILES string of the molecule is CC(N)C(O)Cc1ccc(Br)cc1. The summed E-state index contributed by atoms with van der Waals surface area (Å²) >= 11 is 3.35. The maximum Gasteiger partial charge on any atom is 0.0728 e. The van der Waals surface area contributed by atoms with Crippen molar-refractivity contribution in [1.82, 2.24) is 0 Å². The van der Waals surface area contributed by atoms with Gasteiger partial charge in [0.2, 0.25) is 0 Å². The van der Waals surface area contributed by atoms with Crippen LogP contribution in [-0.2, 0) is 6.42 Å². The van der Waals surface area contributed by atoms with Crippen LogP contribution >= 0.6 is 15.9 Å². The molecule has 1 aromatic rings. The molecule has 0 amide bonds. The summed E-state index contributed by atoms with van der Waals surface area (Å²) in [5.74, 6) is 0. The number of aliphatic hydroxyl groups excluding tert-OH is 1. The standard InChI is InChI=1S/C10H14BrNO/c1-7(12)10(13)6-8-2-4-9(11)5-3-8/h2-5,7,10,13H,6,12H2,1H3. The molecule has 3 N–H and O–H groups in total. The van der Waals surface area contributed by atoms with Crippen molar-refractivity contribution in [2.24, 2.45) is 5.73 Å². The lowest BCUT2D eigenvalue weighted by molar-refractivity contribution is 0.151. The number of benzene rings is 1. The lowest BCUT2D eigenvalue weighted by Crippen LogP contribution is -2.32. The van der Waals surface area contributed by atoms with Gasteiger partial charge >= 0.3 is 0 Å². The third-order valence-electron chi connectivity index (χ3n) is 1.97. The third kappa shape index (κ3) is 3.46. The number of hydrogen-bond donors (Lipinski definition) is 2. The summed E-state index contributed by atoms with van der Waals surface area (Å²) in [7, 11) is 0. The van der Waals surface area contributed by atoms with Gasteiger partial charge in [-0.3, -0.25) is 0 Å². The Labute approximate surface area is 86.9 Å². The van der Waals surface area contributed by atoms with Gasteiger partial charge in [-0.15, -0.1) is 0 Å². The highest BCUT2D eigenvalue weighted by Gasteiger charge is 2.09. The summed E-state index contributed by atoms with van der Waals surface area (Å²) in [5.41, 5.74) is 6.66. The molecule has 0 fully saturated rings. The summed E-state index contributed by atoms with van der Waals surface area (Å²) in [6.45, 7) is 1.81. The summed E-state index contributed by atoms with van der Waals surface area (Å²) in [4.78, 5) is 0. The van der Waals surface area contributed by atoms with E-state index in [9.17, 15) is 5.11 Å². The number of hydrogen-bond acceptors (Lipinski definition) is 2. The number of nitrogens with two attached hydrogens (primary N) is 1. The topological polar surface area (TPSA) is 46.2 Å². The van der Waals surface area contributed by atoms with Crippen LogP contribution in [0.4, 0.5) is 0 Å². The van der Waals surface area contributed by atoms with Crippen LogP contribution in [0.2, 0.25) is 0 Å². The molecule has 0 saturated carbocycles. The molecular formula is C10H14BrNO. The van der Waals surface area contributed by atoms with Crippen molar-refractivity contribution in [3.63, 3.8) is 0 Å². The highest BCUT2D eigenvalue weighted by atomic mass is 79.9. The van der Waals surface area contributed by atoms with Crippen LogP contribution in [0.3, 0.4) is 0 Å². The molecule has 0 spiro atoms. The Balaban J connectivity index is 2.59. The average Bonchev–Trinajstić information content (AvgIpc) is 2.08. The minimum absolute atomic E-state index is 0.177. The number of halogens is 1. The van der Waals surface area contributed by atoms with E-state index in [1.165, 1.54) is 0 Å². The Morgan fingerprint density at radius 3 is 2.38 bits per heavy atom. The normalized spacial score (nSPS) is 15.4. The van der Waals surface area contributed by atoms with E-state index < -0.39 is 6.10 Å². The summed E-state index contributed by atoms with van der Waals surface area (Å²) in [6.07, 6.45) is 0.159. The zero-order chi connectivity index (χ0) is 9.84. The second-order valence-corrected chi connectivity index (χ2v) is 4.17. The smallest absolute Gasteiger partial charge is 0.0728 e. The third-order valence-corrected chi connectivity index (χ3v) is 2.49. The molecule has 13 heavy (non-hydrogen) atoms. The molecule has 1 rings (SSSR count). The van der Waals surface area contributed by atoms with Gasteiger partial charge in [-0.2, -0.15) is 0 Å². The van der Waals surface area contributed by atoms with E-state index >= 15 is 0 Å². The van der Waals surface area contributed by atoms with Crippen molar-refractivity contribution in [2.75, 3.05) is 0 Å². The van der Waals surface area contributed by atoms with Crippen LogP contribution in [0.25, 0.3) is 0 Å². The molecule has 0 heterocycles. The Hall–Kier alpha value is -0.380. The van der Waals surface area contributed by atoms with Crippen LogP contribution in [0.5, 0.6) is 0 Å². The molecule has 0 aliphatic heterocycles. The van der Waals surface area contributed by atoms with Crippen molar-refractivity contribution >= 4 is 15.9 Å². The van der Waals surface area contributed by atoms with Crippen molar-refractivity contribution < 1.29 is 5.11 Å². The van der Waals surface area contributed by atoms with Crippen molar-refractivity contribution in [3.05, 3.63) is 34.3 Å². The van der Waals surface area contributed by atoms with Crippen LogP contribution in [0, 0.1) is 0 Å². The van der Waals surface area contributed by atoms with Gasteiger partial charge in [0, 0.05) is 10.5 Å². The van der Waals surface area contributed by atoms with Gasteiger partial charge in [-0.05, 0) is 31.0 Å². The summed E-state index contributed by atoms with van der Waals surface area (Å²) in [6, 6.07) is 7.71. The lowest BCUT2D eigenvalue weighted by Gasteiger charge is -2.14. The molecule has 72 valence electrons. The van der Waals surface area contributed by atoms with Crippen LogP contribution in [0.15, 0.2) is 28.7 Å². The molecule has 2 nitrogen and oxygen atoms in total. The van der Waals surface area contributed by atoms with E-state index in [-0.39, 0.29) is 6.04 Å². The van der Waals surface area contributed by atoms with E-state index in [2.05, 4.69) is 15.9 Å². The first-order chi connectivity index (χ1) is 6.09. The predicted molar refractivity (Wildman–Crippen MR) is 57.5 cm³/mol. The van der Waals surface area contributed by atoms with Gasteiger partial charge in [0.25, 0.3) is 0 Å². The fourth-order valence-electron chi connectivity index (χ4n) is 1.05. The second-order valence-electron chi connectivity index (χ2n) is 3.26. The molecule has 0 aromatic heterocycles. The molecule has 0 bridgehead atoms. The molecule has 0 radical (unpaired) electrons. The maximum absolute atomic E-state index is 9.51. The molecule has 0 saturated heterocycles. The quantitative estimate of drug-likeness (QED) is 0.850. The van der Waals surface area contributed by atoms with Crippen LogP contribution in [0.1, 0.15) is 12.5 Å². The predicted octanol–water partition coefficient (Wildman–Crippen LogP) is 1.70. The van der Waals surface area contributed by atoms with E-state index in [0.29, 0.717) is 6.42 Å². The van der Waals surface area contributed by atoms with Crippen molar-refractivity contribution in [3.8, 4) is 0 Å². The Bertz CT molecular complexity index is 258.